The summed E-state index contributed by atoms with van der Waals surface area (Å²) < 4.78 is 0. The van der Waals surface area contributed by atoms with Crippen molar-refractivity contribution in [2.45, 2.75) is 48.9 Å². The van der Waals surface area contributed by atoms with Gasteiger partial charge >= 0.3 is 0 Å². The summed E-state index contributed by atoms with van der Waals surface area (Å²) in [5, 5.41) is 9.93. The van der Waals surface area contributed by atoms with Crippen molar-refractivity contribution in [2.75, 3.05) is 5.75 Å². The van der Waals surface area contributed by atoms with Crippen molar-refractivity contribution in [2.24, 2.45) is 0 Å². The lowest BCUT2D eigenvalue weighted by Gasteiger charge is -2.16. The van der Waals surface area contributed by atoms with E-state index in [1.807, 2.05) is 11.8 Å². The molecule has 1 N–H and O–H groups in total. The third kappa shape index (κ3) is 9.40. The Morgan fingerprint density at radius 1 is 0.846 bits per heavy atom. The average Bonchev–Trinajstić information content (AvgIpc) is 2.67. The zero-order chi connectivity index (χ0) is 18.5. The smallest absolute Gasteiger partial charge is 0.0851 e. The molecule has 0 aliphatic rings. The highest BCUT2D eigenvalue weighted by Gasteiger charge is 2.10. The van der Waals surface area contributed by atoms with Crippen LogP contribution in [-0.2, 0) is 11.5 Å². The van der Waals surface area contributed by atoms with Crippen molar-refractivity contribution in [3.63, 3.8) is 0 Å². The zero-order valence-electron chi connectivity index (χ0n) is 15.5. The summed E-state index contributed by atoms with van der Waals surface area (Å²) >= 11 is 4.11. The molecule has 0 amide bonds. The van der Waals surface area contributed by atoms with Crippen molar-refractivity contribution in [3.05, 3.63) is 84.1 Å². The number of hydrogen-bond donors (Lipinski definition) is 1. The molecule has 0 saturated heterocycles. The molecule has 0 aliphatic heterocycles. The van der Waals surface area contributed by atoms with Crippen LogP contribution in [0.3, 0.4) is 0 Å². The van der Waals surface area contributed by atoms with E-state index in [0.717, 1.165) is 30.8 Å². The lowest BCUT2D eigenvalue weighted by molar-refractivity contribution is 0.383. The average molecular weight is 387 g/mol. The van der Waals surface area contributed by atoms with Gasteiger partial charge in [-0.25, -0.2) is 0 Å². The summed E-state index contributed by atoms with van der Waals surface area (Å²) in [5.41, 5.74) is 2.82. The van der Waals surface area contributed by atoms with E-state index in [1.165, 1.54) is 29.7 Å². The Hall–Kier alpha value is -1.32. The Bertz CT molecular complexity index is 613. The second kappa shape index (κ2) is 12.9. The topological polar surface area (TPSA) is 20.2 Å². The van der Waals surface area contributed by atoms with E-state index in [9.17, 15) is 5.11 Å². The number of benzene rings is 2. The molecule has 0 heterocycles. The minimum absolute atomic E-state index is 0.317. The Labute approximate surface area is 167 Å². The van der Waals surface area contributed by atoms with Crippen molar-refractivity contribution < 1.29 is 5.11 Å². The Morgan fingerprint density at radius 2 is 1.46 bits per heavy atom. The van der Waals surface area contributed by atoms with Crippen molar-refractivity contribution >= 4 is 23.5 Å². The van der Waals surface area contributed by atoms with Gasteiger partial charge in [0.15, 0.2) is 0 Å². The molecule has 140 valence electrons. The first-order chi connectivity index (χ1) is 12.7. The van der Waals surface area contributed by atoms with Gasteiger partial charge in [0.05, 0.1) is 5.76 Å². The molecule has 0 aromatic heterocycles. The van der Waals surface area contributed by atoms with Gasteiger partial charge in [-0.1, -0.05) is 73.7 Å². The molecule has 2 rings (SSSR count). The summed E-state index contributed by atoms with van der Waals surface area (Å²) in [6, 6.07) is 21.5. The number of allylic oxidation sites excluding steroid dienone is 1. The number of rotatable bonds is 13. The van der Waals surface area contributed by atoms with Crippen LogP contribution in [0, 0.1) is 0 Å². The molecule has 0 bridgehead atoms. The van der Waals surface area contributed by atoms with Crippen LogP contribution >= 0.6 is 23.5 Å². The molecule has 0 radical (unpaired) electrons. The first kappa shape index (κ1) is 21.0. The first-order valence-corrected chi connectivity index (χ1v) is 11.6. The standard InChI is InChI=1S/C23H30OS2/c1-20(24)10-8-9-15-23(26-19-22-13-6-3-7-14-22)16-17-25-18-21-11-4-2-5-12-21/h2-7,11-14,23-24H,1,8-10,15-19H2. The van der Waals surface area contributed by atoms with Crippen molar-refractivity contribution in [1.82, 2.24) is 0 Å². The van der Waals surface area contributed by atoms with Crippen LogP contribution in [0.15, 0.2) is 73.0 Å². The molecule has 1 atom stereocenters. The molecule has 2 aromatic rings. The van der Waals surface area contributed by atoms with E-state index in [1.54, 1.807) is 0 Å². The minimum atomic E-state index is 0.317. The predicted octanol–water partition coefficient (Wildman–Crippen LogP) is 7.24. The SMILES string of the molecule is C=C(O)CCCCC(CCSCc1ccccc1)SCc1ccccc1. The van der Waals surface area contributed by atoms with E-state index in [2.05, 4.69) is 79.0 Å². The quantitative estimate of drug-likeness (QED) is 0.289. The fourth-order valence-corrected chi connectivity index (χ4v) is 5.19. The lowest BCUT2D eigenvalue weighted by atomic mass is 10.1. The van der Waals surface area contributed by atoms with Gasteiger partial charge in [0.2, 0.25) is 0 Å². The maximum atomic E-state index is 9.25. The number of aliphatic hydroxyl groups excluding tert-OH is 1. The van der Waals surface area contributed by atoms with Crippen LogP contribution in [0.1, 0.15) is 43.2 Å². The monoisotopic (exact) mass is 386 g/mol. The van der Waals surface area contributed by atoms with E-state index in [-0.39, 0.29) is 0 Å². The highest BCUT2D eigenvalue weighted by Crippen LogP contribution is 2.27. The van der Waals surface area contributed by atoms with E-state index >= 15 is 0 Å². The summed E-state index contributed by atoms with van der Waals surface area (Å²) in [6.07, 6.45) is 5.40. The van der Waals surface area contributed by atoms with Crippen LogP contribution in [0.5, 0.6) is 0 Å². The van der Waals surface area contributed by atoms with Crippen molar-refractivity contribution in [1.29, 1.82) is 0 Å². The third-order valence-electron chi connectivity index (χ3n) is 4.27. The molecule has 0 spiro atoms. The molecule has 2 aromatic carbocycles. The second-order valence-corrected chi connectivity index (χ2v) is 8.95. The second-order valence-electron chi connectivity index (χ2n) is 6.56. The fraction of sp³-hybridized carbons (Fsp3) is 0.391. The maximum Gasteiger partial charge on any atom is 0.0851 e. The minimum Gasteiger partial charge on any atom is -0.513 e. The van der Waals surface area contributed by atoms with Crippen LogP contribution in [0.2, 0.25) is 0 Å². The van der Waals surface area contributed by atoms with Gasteiger partial charge in [-0.15, -0.1) is 0 Å². The first-order valence-electron chi connectivity index (χ1n) is 9.38. The normalized spacial score (nSPS) is 12.0. The predicted molar refractivity (Wildman–Crippen MR) is 119 cm³/mol. The van der Waals surface area contributed by atoms with Crippen LogP contribution < -0.4 is 0 Å². The third-order valence-corrected chi connectivity index (χ3v) is 6.77. The molecular weight excluding hydrogens is 356 g/mol. The van der Waals surface area contributed by atoms with Gasteiger partial charge in [-0.05, 0) is 36.1 Å². The Balaban J connectivity index is 1.72. The van der Waals surface area contributed by atoms with Gasteiger partial charge in [0.25, 0.3) is 0 Å². The molecule has 0 saturated carbocycles. The van der Waals surface area contributed by atoms with Gasteiger partial charge in [-0.3, -0.25) is 0 Å². The molecule has 1 nitrogen and oxygen atoms in total. The molecule has 0 aliphatic carbocycles. The summed E-state index contributed by atoms with van der Waals surface area (Å²) in [6.45, 7) is 3.58. The summed E-state index contributed by atoms with van der Waals surface area (Å²) in [5.74, 6) is 3.70. The molecular formula is C23H30OS2. The number of hydrogen-bond acceptors (Lipinski definition) is 3. The molecule has 26 heavy (non-hydrogen) atoms. The summed E-state index contributed by atoms with van der Waals surface area (Å²) in [4.78, 5) is 0. The van der Waals surface area contributed by atoms with Crippen LogP contribution in [0.4, 0.5) is 0 Å². The van der Waals surface area contributed by atoms with E-state index in [0.29, 0.717) is 11.0 Å². The largest absolute Gasteiger partial charge is 0.513 e. The van der Waals surface area contributed by atoms with Crippen molar-refractivity contribution in [3.8, 4) is 0 Å². The van der Waals surface area contributed by atoms with Gasteiger partial charge in [0.1, 0.15) is 0 Å². The summed E-state index contributed by atoms with van der Waals surface area (Å²) in [7, 11) is 0. The highest BCUT2D eigenvalue weighted by molar-refractivity contribution is 7.99. The zero-order valence-corrected chi connectivity index (χ0v) is 17.1. The van der Waals surface area contributed by atoms with E-state index < -0.39 is 0 Å². The number of aliphatic hydroxyl groups is 1. The number of thioether (sulfide) groups is 2. The van der Waals surface area contributed by atoms with Crippen LogP contribution in [-0.4, -0.2) is 16.1 Å². The van der Waals surface area contributed by atoms with Crippen LogP contribution in [0.25, 0.3) is 0 Å². The maximum absolute atomic E-state index is 9.25. The van der Waals surface area contributed by atoms with Gasteiger partial charge in [-0.2, -0.15) is 23.5 Å². The van der Waals surface area contributed by atoms with E-state index in [4.69, 9.17) is 0 Å². The van der Waals surface area contributed by atoms with Gasteiger partial charge in [0, 0.05) is 23.2 Å². The Morgan fingerprint density at radius 3 is 2.08 bits per heavy atom. The number of unbranched alkanes of at least 4 members (excludes halogenated alkanes) is 1. The Kier molecular flexibility index (Phi) is 10.4. The molecule has 1 unspecified atom stereocenters. The molecule has 3 heteroatoms. The molecule has 0 fully saturated rings. The fourth-order valence-electron chi connectivity index (χ4n) is 2.78. The highest BCUT2D eigenvalue weighted by atomic mass is 32.2. The van der Waals surface area contributed by atoms with Gasteiger partial charge < -0.3 is 5.11 Å². The lowest BCUT2D eigenvalue weighted by Crippen LogP contribution is -2.05.